The first-order valence-electron chi connectivity index (χ1n) is 8.16. The van der Waals surface area contributed by atoms with E-state index in [-0.39, 0.29) is 41.1 Å². The number of carbonyl (C=O) groups is 1. The summed E-state index contributed by atoms with van der Waals surface area (Å²) >= 11 is 0. The van der Waals surface area contributed by atoms with E-state index in [4.69, 9.17) is 5.73 Å². The summed E-state index contributed by atoms with van der Waals surface area (Å²) in [5.41, 5.74) is 5.29. The quantitative estimate of drug-likeness (QED) is 0.770. The summed E-state index contributed by atoms with van der Waals surface area (Å²) in [6, 6.07) is 2.08. The van der Waals surface area contributed by atoms with Gasteiger partial charge in [0.15, 0.2) is 0 Å². The van der Waals surface area contributed by atoms with Crippen molar-refractivity contribution < 1.29 is 13.6 Å². The second-order valence-electron chi connectivity index (χ2n) is 6.32. The van der Waals surface area contributed by atoms with Crippen LogP contribution in [-0.4, -0.2) is 45.4 Å². The summed E-state index contributed by atoms with van der Waals surface area (Å²) < 4.78 is 28.1. The standard InChI is InChI=1S/C17H16F2N6O.ClH/c18-10-1-2-11(19)14-13(10)15(20)24-17(23-14)3-7-25(8-4-17)16(26)12-9-21-5-6-22-12;/h1-2,5-6,9,23H,3-4,7-8H2,(H2,20,24);1H. The molecule has 0 bridgehead atoms. The van der Waals surface area contributed by atoms with E-state index in [1.807, 2.05) is 0 Å². The zero-order valence-electron chi connectivity index (χ0n) is 14.2. The highest BCUT2D eigenvalue weighted by Crippen LogP contribution is 2.36. The summed E-state index contributed by atoms with van der Waals surface area (Å²) in [7, 11) is 0. The fraction of sp³-hybridized carbons (Fsp3) is 0.294. The molecule has 2 aliphatic rings. The number of nitrogens with one attached hydrogen (secondary N) is 1. The number of hydrogen-bond acceptors (Lipinski definition) is 6. The van der Waals surface area contributed by atoms with Gasteiger partial charge < -0.3 is 16.0 Å². The number of nitrogens with two attached hydrogens (primary N) is 1. The van der Waals surface area contributed by atoms with Gasteiger partial charge in [-0.2, -0.15) is 0 Å². The Labute approximate surface area is 160 Å². The number of benzene rings is 1. The molecule has 1 aromatic heterocycles. The predicted octanol–water partition coefficient (Wildman–Crippen LogP) is 1.94. The molecule has 1 saturated heterocycles. The number of rotatable bonds is 1. The third-order valence-corrected chi connectivity index (χ3v) is 4.71. The van der Waals surface area contributed by atoms with Crippen LogP contribution in [0.4, 0.5) is 14.5 Å². The van der Waals surface area contributed by atoms with Crippen LogP contribution in [-0.2, 0) is 0 Å². The zero-order chi connectivity index (χ0) is 18.3. The van der Waals surface area contributed by atoms with Gasteiger partial charge in [-0.15, -0.1) is 12.4 Å². The number of halogens is 3. The Morgan fingerprint density at radius 3 is 2.56 bits per heavy atom. The highest BCUT2D eigenvalue weighted by atomic mass is 35.5. The number of piperidine rings is 1. The lowest BCUT2D eigenvalue weighted by molar-refractivity contribution is 0.0679. The molecule has 2 aromatic rings. The first kappa shape index (κ1) is 19.0. The molecule has 27 heavy (non-hydrogen) atoms. The van der Waals surface area contributed by atoms with Crippen LogP contribution in [0, 0.1) is 11.6 Å². The molecular weight excluding hydrogens is 378 g/mol. The van der Waals surface area contributed by atoms with Crippen LogP contribution in [0.1, 0.15) is 28.9 Å². The lowest BCUT2D eigenvalue weighted by atomic mass is 9.93. The molecule has 1 fully saturated rings. The van der Waals surface area contributed by atoms with E-state index in [9.17, 15) is 13.6 Å². The van der Waals surface area contributed by atoms with Crippen molar-refractivity contribution in [1.29, 1.82) is 0 Å². The molecule has 3 N–H and O–H groups in total. The highest BCUT2D eigenvalue weighted by molar-refractivity contribution is 6.04. The minimum atomic E-state index is -0.856. The van der Waals surface area contributed by atoms with Gasteiger partial charge in [-0.3, -0.25) is 9.78 Å². The fourth-order valence-corrected chi connectivity index (χ4v) is 3.36. The minimum Gasteiger partial charge on any atom is -0.383 e. The van der Waals surface area contributed by atoms with E-state index < -0.39 is 17.3 Å². The molecule has 0 unspecified atom stereocenters. The average molecular weight is 395 g/mol. The molecule has 2 aliphatic heterocycles. The number of aromatic nitrogens is 2. The maximum atomic E-state index is 14.2. The minimum absolute atomic E-state index is 0. The first-order valence-corrected chi connectivity index (χ1v) is 8.16. The van der Waals surface area contributed by atoms with Crippen LogP contribution in [0.5, 0.6) is 0 Å². The largest absolute Gasteiger partial charge is 0.383 e. The third kappa shape index (κ3) is 3.30. The van der Waals surface area contributed by atoms with Gasteiger partial charge in [0.2, 0.25) is 0 Å². The predicted molar refractivity (Wildman–Crippen MR) is 97.9 cm³/mol. The molecule has 0 saturated carbocycles. The molecule has 7 nitrogen and oxygen atoms in total. The molecule has 0 atom stereocenters. The Morgan fingerprint density at radius 1 is 1.19 bits per heavy atom. The SMILES string of the molecule is Cl.NC1=NC2(CCN(C(=O)c3cnccn3)CC2)Nc2c(F)ccc(F)c21. The van der Waals surface area contributed by atoms with Crippen LogP contribution in [0.15, 0.2) is 35.7 Å². The number of amides is 1. The maximum absolute atomic E-state index is 14.2. The number of anilines is 1. The topological polar surface area (TPSA) is 96.5 Å². The van der Waals surface area contributed by atoms with E-state index in [0.717, 1.165) is 12.1 Å². The summed E-state index contributed by atoms with van der Waals surface area (Å²) in [6.07, 6.45) is 5.19. The second-order valence-corrected chi connectivity index (χ2v) is 6.32. The number of amidine groups is 1. The molecular formula is C17H17ClF2N6O. The van der Waals surface area contributed by atoms with Crippen molar-refractivity contribution in [3.05, 3.63) is 53.6 Å². The summed E-state index contributed by atoms with van der Waals surface area (Å²) in [5.74, 6) is -1.47. The Morgan fingerprint density at radius 2 is 1.89 bits per heavy atom. The Kier molecular flexibility index (Phi) is 4.97. The van der Waals surface area contributed by atoms with Gasteiger partial charge in [0.1, 0.15) is 28.8 Å². The molecule has 142 valence electrons. The van der Waals surface area contributed by atoms with Gasteiger partial charge in [0, 0.05) is 38.3 Å². The number of hydrogen-bond donors (Lipinski definition) is 2. The van der Waals surface area contributed by atoms with Crippen molar-refractivity contribution in [3.8, 4) is 0 Å². The normalized spacial score (nSPS) is 17.4. The second kappa shape index (κ2) is 7.07. The molecule has 10 heteroatoms. The van der Waals surface area contributed by atoms with Crippen molar-refractivity contribution >= 4 is 29.8 Å². The van der Waals surface area contributed by atoms with E-state index in [0.29, 0.717) is 25.9 Å². The van der Waals surface area contributed by atoms with Gasteiger partial charge in [0.25, 0.3) is 5.91 Å². The van der Waals surface area contributed by atoms with Crippen LogP contribution in [0.25, 0.3) is 0 Å². The van der Waals surface area contributed by atoms with Crippen molar-refractivity contribution in [3.63, 3.8) is 0 Å². The molecule has 1 spiro atoms. The fourth-order valence-electron chi connectivity index (χ4n) is 3.36. The highest BCUT2D eigenvalue weighted by Gasteiger charge is 2.40. The Balaban J connectivity index is 0.00000210. The summed E-state index contributed by atoms with van der Waals surface area (Å²) in [5, 5.41) is 3.00. The van der Waals surface area contributed by atoms with Gasteiger partial charge in [-0.1, -0.05) is 0 Å². The Hall–Kier alpha value is -2.81. The van der Waals surface area contributed by atoms with Crippen molar-refractivity contribution in [1.82, 2.24) is 14.9 Å². The van der Waals surface area contributed by atoms with Crippen LogP contribution < -0.4 is 11.1 Å². The third-order valence-electron chi connectivity index (χ3n) is 4.71. The molecule has 3 heterocycles. The van der Waals surface area contributed by atoms with Crippen LogP contribution in [0.3, 0.4) is 0 Å². The summed E-state index contributed by atoms with van der Waals surface area (Å²) in [4.78, 5) is 26.4. The van der Waals surface area contributed by atoms with Crippen LogP contribution >= 0.6 is 12.4 Å². The number of likely N-dealkylation sites (tertiary alicyclic amines) is 1. The molecule has 1 amide bonds. The average Bonchev–Trinajstić information content (AvgIpc) is 2.65. The van der Waals surface area contributed by atoms with E-state index in [1.54, 1.807) is 4.90 Å². The first-order chi connectivity index (χ1) is 12.5. The smallest absolute Gasteiger partial charge is 0.274 e. The molecule has 0 radical (unpaired) electrons. The van der Waals surface area contributed by atoms with Gasteiger partial charge in [-0.05, 0) is 12.1 Å². The zero-order valence-corrected chi connectivity index (χ0v) is 15.0. The lowest BCUT2D eigenvalue weighted by Gasteiger charge is -2.42. The monoisotopic (exact) mass is 394 g/mol. The van der Waals surface area contributed by atoms with Gasteiger partial charge >= 0.3 is 0 Å². The number of fused-ring (bicyclic) bond motifs is 1. The van der Waals surface area contributed by atoms with E-state index in [1.165, 1.54) is 18.6 Å². The number of carbonyl (C=O) groups excluding carboxylic acids is 1. The van der Waals surface area contributed by atoms with Crippen LogP contribution in [0.2, 0.25) is 0 Å². The molecule has 1 aromatic carbocycles. The number of aliphatic imine (C=N–C) groups is 1. The summed E-state index contributed by atoms with van der Waals surface area (Å²) in [6.45, 7) is 0.761. The van der Waals surface area contributed by atoms with E-state index >= 15 is 0 Å². The van der Waals surface area contributed by atoms with Crippen molar-refractivity contribution in [2.45, 2.75) is 18.5 Å². The maximum Gasteiger partial charge on any atom is 0.274 e. The van der Waals surface area contributed by atoms with Gasteiger partial charge in [0.05, 0.1) is 17.4 Å². The number of nitrogens with zero attached hydrogens (tertiary/aromatic N) is 4. The van der Waals surface area contributed by atoms with Crippen molar-refractivity contribution in [2.24, 2.45) is 10.7 Å². The molecule has 4 rings (SSSR count). The van der Waals surface area contributed by atoms with E-state index in [2.05, 4.69) is 20.3 Å². The lowest BCUT2D eigenvalue weighted by Crippen LogP contribution is -2.52. The van der Waals surface area contributed by atoms with Crippen molar-refractivity contribution in [2.75, 3.05) is 18.4 Å². The molecule has 0 aliphatic carbocycles. The van der Waals surface area contributed by atoms with Gasteiger partial charge in [-0.25, -0.2) is 18.8 Å². The Bertz CT molecular complexity index is 900.